The molecule has 2 fully saturated rings. The van der Waals surface area contributed by atoms with Gasteiger partial charge in [0, 0.05) is 52.7 Å². The summed E-state index contributed by atoms with van der Waals surface area (Å²) in [4.78, 5) is 15.5. The van der Waals surface area contributed by atoms with E-state index >= 15 is 0 Å². The van der Waals surface area contributed by atoms with E-state index in [0.717, 1.165) is 52.4 Å². The SMILES string of the molecule is CC(=O)N1CCN(CC2CNCCO2)CC1. The summed E-state index contributed by atoms with van der Waals surface area (Å²) in [5.74, 6) is 0.190. The lowest BCUT2D eigenvalue weighted by Crippen LogP contribution is -2.52. The van der Waals surface area contributed by atoms with Crippen LogP contribution < -0.4 is 5.32 Å². The van der Waals surface area contributed by atoms with E-state index in [1.165, 1.54) is 0 Å². The summed E-state index contributed by atoms with van der Waals surface area (Å²) in [6, 6.07) is 0. The second-order valence-corrected chi connectivity index (χ2v) is 4.50. The third-order valence-corrected chi connectivity index (χ3v) is 3.28. The van der Waals surface area contributed by atoms with Gasteiger partial charge in [-0.15, -0.1) is 0 Å². The zero-order valence-electron chi connectivity index (χ0n) is 9.95. The van der Waals surface area contributed by atoms with Gasteiger partial charge < -0.3 is 15.0 Å². The number of hydrogen-bond donors (Lipinski definition) is 1. The number of rotatable bonds is 2. The molecule has 0 saturated carbocycles. The maximum absolute atomic E-state index is 11.2. The lowest BCUT2D eigenvalue weighted by Gasteiger charge is -2.36. The maximum atomic E-state index is 11.2. The first-order chi connectivity index (χ1) is 7.75. The number of ether oxygens (including phenoxy) is 1. The minimum Gasteiger partial charge on any atom is -0.374 e. The lowest BCUT2D eigenvalue weighted by atomic mass is 10.2. The van der Waals surface area contributed by atoms with Crippen LogP contribution in [0.3, 0.4) is 0 Å². The predicted molar refractivity (Wildman–Crippen MR) is 61.3 cm³/mol. The largest absolute Gasteiger partial charge is 0.374 e. The zero-order valence-corrected chi connectivity index (χ0v) is 9.95. The van der Waals surface area contributed by atoms with Gasteiger partial charge in [0.2, 0.25) is 5.91 Å². The van der Waals surface area contributed by atoms with Crippen molar-refractivity contribution in [2.75, 3.05) is 52.4 Å². The first kappa shape index (κ1) is 11.8. The molecule has 2 aliphatic rings. The first-order valence-electron chi connectivity index (χ1n) is 6.06. The molecule has 2 rings (SSSR count). The van der Waals surface area contributed by atoms with Gasteiger partial charge in [0.25, 0.3) is 0 Å². The standard InChI is InChI=1S/C11H21N3O2/c1-10(15)14-5-3-13(4-6-14)9-11-8-12-2-7-16-11/h11-12H,2-9H2,1H3. The molecule has 0 aromatic heterocycles. The maximum Gasteiger partial charge on any atom is 0.219 e. The van der Waals surface area contributed by atoms with E-state index in [1.807, 2.05) is 4.90 Å². The van der Waals surface area contributed by atoms with Gasteiger partial charge in [0.15, 0.2) is 0 Å². The van der Waals surface area contributed by atoms with Crippen LogP contribution in [0.4, 0.5) is 0 Å². The van der Waals surface area contributed by atoms with Crippen LogP contribution >= 0.6 is 0 Å². The molecule has 5 nitrogen and oxygen atoms in total. The topological polar surface area (TPSA) is 44.8 Å². The minimum absolute atomic E-state index is 0.190. The molecule has 1 amide bonds. The number of carbonyl (C=O) groups excluding carboxylic acids is 1. The van der Waals surface area contributed by atoms with Crippen molar-refractivity contribution in [3.63, 3.8) is 0 Å². The number of hydrogen-bond acceptors (Lipinski definition) is 4. The summed E-state index contributed by atoms with van der Waals surface area (Å²) in [7, 11) is 0. The monoisotopic (exact) mass is 227 g/mol. The van der Waals surface area contributed by atoms with Crippen LogP contribution in [0.1, 0.15) is 6.92 Å². The van der Waals surface area contributed by atoms with Gasteiger partial charge >= 0.3 is 0 Å². The molecule has 0 radical (unpaired) electrons. The van der Waals surface area contributed by atoms with E-state index in [2.05, 4.69) is 10.2 Å². The van der Waals surface area contributed by atoms with Gasteiger partial charge in [0.1, 0.15) is 0 Å². The molecule has 2 heterocycles. The van der Waals surface area contributed by atoms with E-state index in [0.29, 0.717) is 6.10 Å². The normalized spacial score (nSPS) is 28.1. The number of amides is 1. The van der Waals surface area contributed by atoms with Crippen LogP contribution in [-0.4, -0.2) is 74.2 Å². The Labute approximate surface area is 96.7 Å². The molecule has 1 N–H and O–H groups in total. The van der Waals surface area contributed by atoms with Gasteiger partial charge in [-0.05, 0) is 0 Å². The Morgan fingerprint density at radius 1 is 1.38 bits per heavy atom. The van der Waals surface area contributed by atoms with Crippen molar-refractivity contribution in [1.82, 2.24) is 15.1 Å². The Balaban J connectivity index is 1.70. The Hall–Kier alpha value is -0.650. The van der Waals surface area contributed by atoms with E-state index in [-0.39, 0.29) is 5.91 Å². The van der Waals surface area contributed by atoms with Crippen molar-refractivity contribution in [3.05, 3.63) is 0 Å². The molecule has 0 spiro atoms. The van der Waals surface area contributed by atoms with E-state index < -0.39 is 0 Å². The quantitative estimate of drug-likeness (QED) is 0.667. The number of carbonyl (C=O) groups is 1. The number of nitrogens with one attached hydrogen (secondary N) is 1. The molecule has 5 heteroatoms. The molecule has 2 saturated heterocycles. The molecule has 2 aliphatic heterocycles. The van der Waals surface area contributed by atoms with Crippen molar-refractivity contribution in [1.29, 1.82) is 0 Å². The molecule has 0 aromatic carbocycles. The van der Waals surface area contributed by atoms with Crippen LogP contribution in [0, 0.1) is 0 Å². The fourth-order valence-electron chi connectivity index (χ4n) is 2.27. The van der Waals surface area contributed by atoms with Crippen molar-refractivity contribution in [2.24, 2.45) is 0 Å². The van der Waals surface area contributed by atoms with Gasteiger partial charge in [0.05, 0.1) is 12.7 Å². The highest BCUT2D eigenvalue weighted by molar-refractivity contribution is 5.73. The summed E-state index contributed by atoms with van der Waals surface area (Å²) < 4.78 is 5.67. The molecular weight excluding hydrogens is 206 g/mol. The van der Waals surface area contributed by atoms with Gasteiger partial charge in [-0.3, -0.25) is 9.69 Å². The molecule has 1 unspecified atom stereocenters. The molecule has 16 heavy (non-hydrogen) atoms. The van der Waals surface area contributed by atoms with Crippen LogP contribution in [-0.2, 0) is 9.53 Å². The Morgan fingerprint density at radius 2 is 2.12 bits per heavy atom. The Kier molecular flexibility index (Phi) is 4.15. The van der Waals surface area contributed by atoms with Crippen molar-refractivity contribution >= 4 is 5.91 Å². The highest BCUT2D eigenvalue weighted by Gasteiger charge is 2.22. The Morgan fingerprint density at radius 3 is 2.69 bits per heavy atom. The smallest absolute Gasteiger partial charge is 0.219 e. The summed E-state index contributed by atoms with van der Waals surface area (Å²) in [6.07, 6.45) is 0.317. The van der Waals surface area contributed by atoms with E-state index in [1.54, 1.807) is 6.92 Å². The summed E-state index contributed by atoms with van der Waals surface area (Å²) >= 11 is 0. The number of morpholine rings is 1. The summed E-state index contributed by atoms with van der Waals surface area (Å²) in [5.41, 5.74) is 0. The highest BCUT2D eigenvalue weighted by Crippen LogP contribution is 2.05. The molecule has 0 bridgehead atoms. The fourth-order valence-corrected chi connectivity index (χ4v) is 2.27. The van der Waals surface area contributed by atoms with Gasteiger partial charge in [-0.1, -0.05) is 0 Å². The third kappa shape index (κ3) is 3.17. The average molecular weight is 227 g/mol. The summed E-state index contributed by atoms with van der Waals surface area (Å²) in [6.45, 7) is 9.02. The number of nitrogens with zero attached hydrogens (tertiary/aromatic N) is 2. The van der Waals surface area contributed by atoms with Crippen molar-refractivity contribution in [2.45, 2.75) is 13.0 Å². The average Bonchev–Trinajstić information content (AvgIpc) is 2.31. The summed E-state index contributed by atoms with van der Waals surface area (Å²) in [5, 5.41) is 3.34. The van der Waals surface area contributed by atoms with Crippen molar-refractivity contribution in [3.8, 4) is 0 Å². The Bertz CT molecular complexity index is 233. The van der Waals surface area contributed by atoms with Crippen LogP contribution in [0.25, 0.3) is 0 Å². The van der Waals surface area contributed by atoms with E-state index in [9.17, 15) is 4.79 Å². The minimum atomic E-state index is 0.190. The zero-order chi connectivity index (χ0) is 11.4. The molecular formula is C11H21N3O2. The number of piperazine rings is 1. The van der Waals surface area contributed by atoms with Crippen LogP contribution in [0.2, 0.25) is 0 Å². The molecule has 0 aliphatic carbocycles. The second-order valence-electron chi connectivity index (χ2n) is 4.50. The third-order valence-electron chi connectivity index (χ3n) is 3.28. The second kappa shape index (κ2) is 5.61. The van der Waals surface area contributed by atoms with Gasteiger partial charge in [-0.25, -0.2) is 0 Å². The van der Waals surface area contributed by atoms with Gasteiger partial charge in [-0.2, -0.15) is 0 Å². The fraction of sp³-hybridized carbons (Fsp3) is 0.909. The molecule has 1 atom stereocenters. The van der Waals surface area contributed by atoms with Crippen molar-refractivity contribution < 1.29 is 9.53 Å². The lowest BCUT2D eigenvalue weighted by molar-refractivity contribution is -0.130. The predicted octanol–water partition coefficient (Wildman–Crippen LogP) is -0.861. The van der Waals surface area contributed by atoms with E-state index in [4.69, 9.17) is 4.74 Å². The highest BCUT2D eigenvalue weighted by atomic mass is 16.5. The van der Waals surface area contributed by atoms with Crippen LogP contribution in [0.15, 0.2) is 0 Å². The molecule has 92 valence electrons. The van der Waals surface area contributed by atoms with Crippen LogP contribution in [0.5, 0.6) is 0 Å². The first-order valence-corrected chi connectivity index (χ1v) is 6.06. The molecule has 0 aromatic rings.